The molecule has 0 unspecified atom stereocenters. The molecular weight excluding hydrogens is 379 g/mol. The molecule has 2 aromatic rings. The molecule has 26 heavy (non-hydrogen) atoms. The summed E-state index contributed by atoms with van der Waals surface area (Å²) in [4.78, 5) is 12.0. The van der Waals surface area contributed by atoms with Crippen molar-refractivity contribution in [2.75, 3.05) is 10.6 Å². The molecule has 0 saturated carbocycles. The van der Waals surface area contributed by atoms with E-state index in [0.717, 1.165) is 0 Å². The first kappa shape index (κ1) is 19.8. The highest BCUT2D eigenvalue weighted by Gasteiger charge is 2.11. The zero-order chi connectivity index (χ0) is 19.5. The highest BCUT2D eigenvalue weighted by Crippen LogP contribution is 2.20. The number of halogens is 1. The molecule has 2 aromatic carbocycles. The third kappa shape index (κ3) is 5.22. The summed E-state index contributed by atoms with van der Waals surface area (Å²) >= 11 is 5.02. The van der Waals surface area contributed by atoms with Crippen LogP contribution in [-0.4, -0.2) is 19.6 Å². The zero-order valence-corrected chi connectivity index (χ0v) is 15.6. The fraction of sp³-hybridized carbons (Fsp3) is 0.125. The Labute approximate surface area is 155 Å². The molecule has 10 heteroatoms. The monoisotopic (exact) mass is 396 g/mol. The van der Waals surface area contributed by atoms with Gasteiger partial charge in [-0.1, -0.05) is 0 Å². The first-order chi connectivity index (χ1) is 12.1. The van der Waals surface area contributed by atoms with Crippen molar-refractivity contribution < 1.29 is 17.6 Å². The van der Waals surface area contributed by atoms with Crippen LogP contribution >= 0.6 is 12.2 Å². The minimum Gasteiger partial charge on any atom is -0.332 e. The van der Waals surface area contributed by atoms with E-state index in [2.05, 4.69) is 16.0 Å². The SMILES string of the molecule is Cc1cc(F)c(C)c(NC(=O)NC(=S)Nc2ccc(S(N)(=O)=O)cc2)c1. The van der Waals surface area contributed by atoms with E-state index in [1.165, 1.54) is 30.3 Å². The van der Waals surface area contributed by atoms with Crippen molar-refractivity contribution in [3.05, 3.63) is 53.3 Å². The van der Waals surface area contributed by atoms with Gasteiger partial charge in [0.25, 0.3) is 0 Å². The first-order valence-corrected chi connectivity index (χ1v) is 9.30. The van der Waals surface area contributed by atoms with Crippen LogP contribution in [0.25, 0.3) is 0 Å². The van der Waals surface area contributed by atoms with Gasteiger partial charge in [-0.25, -0.2) is 22.7 Å². The highest BCUT2D eigenvalue weighted by atomic mass is 32.2. The van der Waals surface area contributed by atoms with Gasteiger partial charge >= 0.3 is 6.03 Å². The number of amides is 2. The number of anilines is 2. The summed E-state index contributed by atoms with van der Waals surface area (Å²) in [6.07, 6.45) is 0. The first-order valence-electron chi connectivity index (χ1n) is 7.35. The third-order valence-electron chi connectivity index (χ3n) is 3.40. The molecule has 0 aromatic heterocycles. The summed E-state index contributed by atoms with van der Waals surface area (Å²) in [6.45, 7) is 3.26. The lowest BCUT2D eigenvalue weighted by molar-refractivity contribution is 0.256. The van der Waals surface area contributed by atoms with Crippen molar-refractivity contribution in [1.29, 1.82) is 0 Å². The number of nitrogens with two attached hydrogens (primary N) is 1. The van der Waals surface area contributed by atoms with Gasteiger partial charge in [-0.3, -0.25) is 5.32 Å². The maximum Gasteiger partial charge on any atom is 0.325 e. The number of aryl methyl sites for hydroxylation is 1. The van der Waals surface area contributed by atoms with Gasteiger partial charge < -0.3 is 10.6 Å². The van der Waals surface area contributed by atoms with Crippen LogP contribution in [0.15, 0.2) is 41.3 Å². The average Bonchev–Trinajstić information content (AvgIpc) is 2.51. The van der Waals surface area contributed by atoms with Gasteiger partial charge in [0.05, 0.1) is 4.90 Å². The summed E-state index contributed by atoms with van der Waals surface area (Å²) in [5.41, 5.74) is 1.77. The van der Waals surface area contributed by atoms with Gasteiger partial charge in [0, 0.05) is 16.9 Å². The molecule has 0 atom stereocenters. The largest absolute Gasteiger partial charge is 0.332 e. The van der Waals surface area contributed by atoms with Crippen LogP contribution in [0.3, 0.4) is 0 Å². The maximum atomic E-state index is 13.7. The number of nitrogens with one attached hydrogen (secondary N) is 3. The van der Waals surface area contributed by atoms with Gasteiger partial charge in [0.1, 0.15) is 5.82 Å². The Balaban J connectivity index is 1.98. The fourth-order valence-corrected chi connectivity index (χ4v) is 2.82. The summed E-state index contributed by atoms with van der Waals surface area (Å²) in [5.74, 6) is -0.420. The second kappa shape index (κ2) is 7.77. The zero-order valence-electron chi connectivity index (χ0n) is 14.0. The lowest BCUT2D eigenvalue weighted by atomic mass is 10.1. The van der Waals surface area contributed by atoms with Crippen LogP contribution in [-0.2, 0) is 10.0 Å². The number of hydrogen-bond acceptors (Lipinski definition) is 4. The summed E-state index contributed by atoms with van der Waals surface area (Å²) in [5, 5.41) is 12.6. The molecule has 2 rings (SSSR count). The molecule has 7 nitrogen and oxygen atoms in total. The van der Waals surface area contributed by atoms with E-state index in [1.54, 1.807) is 19.9 Å². The molecule has 0 aliphatic heterocycles. The molecule has 0 fully saturated rings. The maximum absolute atomic E-state index is 13.7. The van der Waals surface area contributed by atoms with Crippen molar-refractivity contribution in [1.82, 2.24) is 5.32 Å². The molecule has 0 spiro atoms. The van der Waals surface area contributed by atoms with E-state index in [9.17, 15) is 17.6 Å². The molecule has 138 valence electrons. The molecular formula is C16H17FN4O3S2. The van der Waals surface area contributed by atoms with Crippen LogP contribution in [0.2, 0.25) is 0 Å². The van der Waals surface area contributed by atoms with Gasteiger partial charge in [0.15, 0.2) is 5.11 Å². The highest BCUT2D eigenvalue weighted by molar-refractivity contribution is 7.89. The Morgan fingerprint density at radius 3 is 2.31 bits per heavy atom. The van der Waals surface area contributed by atoms with Crippen molar-refractivity contribution in [2.45, 2.75) is 18.7 Å². The standard InChI is InChI=1S/C16H17FN4O3S2/c1-9-7-13(17)10(2)14(8-9)20-15(22)21-16(25)19-11-3-5-12(6-4-11)26(18,23)24/h3-8H,1-2H3,(H2,18,23,24)(H3,19,20,21,22,25). The molecule has 0 aliphatic carbocycles. The Morgan fingerprint density at radius 2 is 1.73 bits per heavy atom. The van der Waals surface area contributed by atoms with Gasteiger partial charge in [-0.05, 0) is 68.0 Å². The molecule has 5 N–H and O–H groups in total. The quantitative estimate of drug-likeness (QED) is 0.596. The van der Waals surface area contributed by atoms with Gasteiger partial charge in [0.2, 0.25) is 10.0 Å². The molecule has 0 saturated heterocycles. The van der Waals surface area contributed by atoms with Crippen molar-refractivity contribution >= 4 is 44.8 Å². The van der Waals surface area contributed by atoms with Gasteiger partial charge in [-0.2, -0.15) is 0 Å². The third-order valence-corrected chi connectivity index (χ3v) is 4.54. The summed E-state index contributed by atoms with van der Waals surface area (Å²) < 4.78 is 36.1. The van der Waals surface area contributed by atoms with Crippen LogP contribution in [0.1, 0.15) is 11.1 Å². The van der Waals surface area contributed by atoms with Crippen molar-refractivity contribution in [2.24, 2.45) is 5.14 Å². The number of sulfonamides is 1. The van der Waals surface area contributed by atoms with E-state index < -0.39 is 21.9 Å². The minimum absolute atomic E-state index is 0.0170. The minimum atomic E-state index is -3.78. The Hall–Kier alpha value is -2.56. The van der Waals surface area contributed by atoms with Crippen LogP contribution in [0.4, 0.5) is 20.6 Å². The molecule has 0 aliphatic rings. The summed E-state index contributed by atoms with van der Waals surface area (Å²) in [6, 6.07) is 7.88. The Kier molecular flexibility index (Phi) is 5.90. The van der Waals surface area contributed by atoms with Crippen molar-refractivity contribution in [3.63, 3.8) is 0 Å². The number of carbonyl (C=O) groups is 1. The second-order valence-electron chi connectivity index (χ2n) is 5.52. The lowest BCUT2D eigenvalue weighted by Crippen LogP contribution is -2.37. The lowest BCUT2D eigenvalue weighted by Gasteiger charge is -2.13. The van der Waals surface area contributed by atoms with E-state index in [0.29, 0.717) is 22.5 Å². The molecule has 0 radical (unpaired) electrons. The number of primary sulfonamides is 1. The van der Waals surface area contributed by atoms with Crippen LogP contribution in [0.5, 0.6) is 0 Å². The van der Waals surface area contributed by atoms with Crippen LogP contribution in [0, 0.1) is 19.7 Å². The normalized spacial score (nSPS) is 10.9. The average molecular weight is 396 g/mol. The Bertz CT molecular complexity index is 960. The van der Waals surface area contributed by atoms with E-state index in [1.807, 2.05) is 0 Å². The number of benzene rings is 2. The number of urea groups is 1. The topological polar surface area (TPSA) is 113 Å². The fourth-order valence-electron chi connectivity index (χ4n) is 2.09. The predicted octanol–water partition coefficient (Wildman–Crippen LogP) is 2.61. The molecule has 2 amide bonds. The molecule has 0 heterocycles. The van der Waals surface area contributed by atoms with Crippen molar-refractivity contribution in [3.8, 4) is 0 Å². The number of thiocarbonyl (C=S) groups is 1. The molecule has 0 bridgehead atoms. The van der Waals surface area contributed by atoms with E-state index >= 15 is 0 Å². The Morgan fingerprint density at radius 1 is 1.12 bits per heavy atom. The number of rotatable bonds is 3. The predicted molar refractivity (Wildman–Crippen MR) is 102 cm³/mol. The van der Waals surface area contributed by atoms with Crippen LogP contribution < -0.4 is 21.1 Å². The van der Waals surface area contributed by atoms with E-state index in [-0.39, 0.29) is 10.0 Å². The number of hydrogen-bond donors (Lipinski definition) is 4. The smallest absolute Gasteiger partial charge is 0.325 e. The second-order valence-corrected chi connectivity index (χ2v) is 7.49. The van der Waals surface area contributed by atoms with Gasteiger partial charge in [-0.15, -0.1) is 0 Å². The number of carbonyl (C=O) groups excluding carboxylic acids is 1. The van der Waals surface area contributed by atoms with E-state index in [4.69, 9.17) is 17.4 Å². The summed E-state index contributed by atoms with van der Waals surface area (Å²) in [7, 11) is -3.78.